The van der Waals surface area contributed by atoms with Gasteiger partial charge in [-0.2, -0.15) is 0 Å². The molecule has 0 heteroatoms. The molecule has 2 atom stereocenters. The van der Waals surface area contributed by atoms with Crippen LogP contribution in [0.15, 0.2) is 12.2 Å². The van der Waals surface area contributed by atoms with Crippen LogP contribution in [0.3, 0.4) is 0 Å². The van der Waals surface area contributed by atoms with E-state index in [0.29, 0.717) is 0 Å². The van der Waals surface area contributed by atoms with Crippen molar-refractivity contribution in [1.29, 1.82) is 0 Å². The van der Waals surface area contributed by atoms with Crippen molar-refractivity contribution in [2.24, 2.45) is 23.7 Å². The first kappa shape index (κ1) is 14.2. The van der Waals surface area contributed by atoms with Crippen molar-refractivity contribution >= 4 is 0 Å². The molecule has 0 saturated heterocycles. The van der Waals surface area contributed by atoms with Crippen molar-refractivity contribution in [2.45, 2.75) is 78.1 Å². The van der Waals surface area contributed by atoms with E-state index in [4.69, 9.17) is 0 Å². The Balaban J connectivity index is 1.86. The quantitative estimate of drug-likeness (QED) is 0.537. The van der Waals surface area contributed by atoms with Gasteiger partial charge in [-0.25, -0.2) is 0 Å². The molecular formula is C18H32. The molecule has 0 heterocycles. The van der Waals surface area contributed by atoms with Gasteiger partial charge in [0.15, 0.2) is 0 Å². The molecule has 0 aromatic rings. The number of hydrogen-bond acceptors (Lipinski definition) is 0. The van der Waals surface area contributed by atoms with Gasteiger partial charge >= 0.3 is 0 Å². The fourth-order valence-corrected chi connectivity index (χ4v) is 4.41. The van der Waals surface area contributed by atoms with Crippen molar-refractivity contribution in [3.63, 3.8) is 0 Å². The summed E-state index contributed by atoms with van der Waals surface area (Å²) in [5.74, 6) is 4.22. The minimum atomic E-state index is 1.01. The first-order valence-electron chi connectivity index (χ1n) is 8.42. The lowest BCUT2D eigenvalue weighted by atomic mass is 9.66. The smallest absolute Gasteiger partial charge is 0.0348 e. The van der Waals surface area contributed by atoms with Gasteiger partial charge in [-0.3, -0.25) is 0 Å². The maximum absolute atomic E-state index is 2.45. The van der Waals surface area contributed by atoms with Gasteiger partial charge in [0.1, 0.15) is 0 Å². The van der Waals surface area contributed by atoms with Gasteiger partial charge in [-0.15, -0.1) is 0 Å². The van der Waals surface area contributed by atoms with Gasteiger partial charge in [0.05, 0.1) is 0 Å². The summed E-state index contributed by atoms with van der Waals surface area (Å²) in [7, 11) is 0. The molecule has 0 bridgehead atoms. The summed E-state index contributed by atoms with van der Waals surface area (Å²) in [6, 6.07) is 0. The van der Waals surface area contributed by atoms with Crippen LogP contribution >= 0.6 is 0 Å². The fourth-order valence-electron chi connectivity index (χ4n) is 4.41. The molecule has 18 heavy (non-hydrogen) atoms. The predicted molar refractivity (Wildman–Crippen MR) is 80.6 cm³/mol. The first-order valence-corrected chi connectivity index (χ1v) is 8.42. The van der Waals surface area contributed by atoms with Crippen LogP contribution in [-0.2, 0) is 0 Å². The van der Waals surface area contributed by atoms with E-state index < -0.39 is 0 Å². The Hall–Kier alpha value is -0.260. The summed E-state index contributed by atoms with van der Waals surface area (Å²) in [6.45, 7) is 4.60. The van der Waals surface area contributed by atoms with E-state index in [-0.39, 0.29) is 0 Å². The molecule has 0 aliphatic heterocycles. The van der Waals surface area contributed by atoms with Gasteiger partial charge < -0.3 is 0 Å². The second-order valence-corrected chi connectivity index (χ2v) is 6.87. The normalized spacial score (nSPS) is 38.1. The molecule has 0 amide bonds. The molecular weight excluding hydrogens is 216 g/mol. The van der Waals surface area contributed by atoms with Crippen LogP contribution in [0, 0.1) is 23.7 Å². The molecule has 0 spiro atoms. The van der Waals surface area contributed by atoms with Crippen molar-refractivity contribution in [3.05, 3.63) is 12.2 Å². The highest BCUT2D eigenvalue weighted by molar-refractivity contribution is 4.86. The summed E-state index contributed by atoms with van der Waals surface area (Å²) in [6.07, 6.45) is 19.5. The zero-order chi connectivity index (χ0) is 12.8. The number of rotatable bonds is 4. The van der Waals surface area contributed by atoms with Crippen LogP contribution < -0.4 is 0 Å². The highest BCUT2D eigenvalue weighted by Crippen LogP contribution is 2.44. The highest BCUT2D eigenvalue weighted by Gasteiger charge is 2.32. The van der Waals surface area contributed by atoms with E-state index in [1.54, 1.807) is 6.42 Å². The molecule has 2 fully saturated rings. The topological polar surface area (TPSA) is 0 Å². The Bertz CT molecular complexity index is 245. The SMILES string of the molecule is C/C=C/CCC1CCCCC1C1CCC(C)CC1. The maximum atomic E-state index is 2.45. The highest BCUT2D eigenvalue weighted by atomic mass is 14.4. The molecule has 2 rings (SSSR count). The Morgan fingerprint density at radius 1 is 0.944 bits per heavy atom. The van der Waals surface area contributed by atoms with Crippen molar-refractivity contribution < 1.29 is 0 Å². The summed E-state index contributed by atoms with van der Waals surface area (Å²) in [5, 5.41) is 0. The Morgan fingerprint density at radius 3 is 2.39 bits per heavy atom. The molecule has 2 aliphatic rings. The molecule has 2 saturated carbocycles. The molecule has 0 aromatic carbocycles. The maximum Gasteiger partial charge on any atom is -0.0348 e. The Labute approximate surface area is 114 Å². The second kappa shape index (κ2) is 7.36. The third-order valence-corrected chi connectivity index (χ3v) is 5.57. The molecule has 0 radical (unpaired) electrons. The van der Waals surface area contributed by atoms with E-state index in [1.807, 2.05) is 0 Å². The molecule has 0 N–H and O–H groups in total. The van der Waals surface area contributed by atoms with Gasteiger partial charge in [0.2, 0.25) is 0 Å². The molecule has 2 aliphatic carbocycles. The Morgan fingerprint density at radius 2 is 1.67 bits per heavy atom. The minimum Gasteiger partial charge on any atom is -0.0917 e. The van der Waals surface area contributed by atoms with Crippen molar-refractivity contribution in [3.8, 4) is 0 Å². The fraction of sp³-hybridized carbons (Fsp3) is 0.889. The average Bonchev–Trinajstić information content (AvgIpc) is 2.41. The predicted octanol–water partition coefficient (Wildman–Crippen LogP) is 5.98. The van der Waals surface area contributed by atoms with E-state index in [9.17, 15) is 0 Å². The van der Waals surface area contributed by atoms with Gasteiger partial charge in [-0.1, -0.05) is 51.2 Å². The molecule has 104 valence electrons. The standard InChI is InChI=1S/C18H32/c1-3-4-5-8-16-9-6-7-10-18(16)17-13-11-15(2)12-14-17/h3-4,15-18H,5-14H2,1-2H3/b4-3+. The van der Waals surface area contributed by atoms with Crippen LogP contribution in [0.2, 0.25) is 0 Å². The second-order valence-electron chi connectivity index (χ2n) is 6.87. The van der Waals surface area contributed by atoms with Crippen LogP contribution in [0.1, 0.15) is 78.1 Å². The van der Waals surface area contributed by atoms with Crippen LogP contribution in [0.4, 0.5) is 0 Å². The van der Waals surface area contributed by atoms with Crippen LogP contribution in [-0.4, -0.2) is 0 Å². The summed E-state index contributed by atoms with van der Waals surface area (Å²) in [5.41, 5.74) is 0. The zero-order valence-electron chi connectivity index (χ0n) is 12.5. The lowest BCUT2D eigenvalue weighted by Crippen LogP contribution is -2.29. The largest absolute Gasteiger partial charge is 0.0917 e. The van der Waals surface area contributed by atoms with E-state index >= 15 is 0 Å². The minimum absolute atomic E-state index is 1.01. The lowest BCUT2D eigenvalue weighted by molar-refractivity contribution is 0.110. The zero-order valence-corrected chi connectivity index (χ0v) is 12.5. The lowest BCUT2D eigenvalue weighted by Gasteiger charge is -2.40. The summed E-state index contributed by atoms with van der Waals surface area (Å²) < 4.78 is 0. The third-order valence-electron chi connectivity index (χ3n) is 5.57. The molecule has 2 unspecified atom stereocenters. The van der Waals surface area contributed by atoms with Crippen LogP contribution in [0.25, 0.3) is 0 Å². The molecule has 0 nitrogen and oxygen atoms in total. The first-order chi connectivity index (χ1) is 8.81. The number of allylic oxidation sites excluding steroid dienone is 2. The Kier molecular flexibility index (Phi) is 5.79. The van der Waals surface area contributed by atoms with E-state index in [1.165, 1.54) is 57.8 Å². The van der Waals surface area contributed by atoms with Gasteiger partial charge in [0.25, 0.3) is 0 Å². The van der Waals surface area contributed by atoms with Crippen molar-refractivity contribution in [2.75, 3.05) is 0 Å². The average molecular weight is 248 g/mol. The summed E-state index contributed by atoms with van der Waals surface area (Å²) in [4.78, 5) is 0. The molecule has 0 aromatic heterocycles. The van der Waals surface area contributed by atoms with E-state index in [0.717, 1.165) is 23.7 Å². The van der Waals surface area contributed by atoms with Gasteiger partial charge in [-0.05, 0) is 62.7 Å². The third kappa shape index (κ3) is 3.87. The monoisotopic (exact) mass is 248 g/mol. The van der Waals surface area contributed by atoms with Crippen LogP contribution in [0.5, 0.6) is 0 Å². The number of hydrogen-bond donors (Lipinski definition) is 0. The summed E-state index contributed by atoms with van der Waals surface area (Å²) >= 11 is 0. The van der Waals surface area contributed by atoms with E-state index in [2.05, 4.69) is 26.0 Å². The van der Waals surface area contributed by atoms with Gasteiger partial charge in [0, 0.05) is 0 Å². The van der Waals surface area contributed by atoms with Crippen molar-refractivity contribution in [1.82, 2.24) is 0 Å².